The first-order valence-electron chi connectivity index (χ1n) is 6.82. The topological polar surface area (TPSA) is 26.7 Å². The van der Waals surface area contributed by atoms with Gasteiger partial charge in [0.2, 0.25) is 0 Å². The molecule has 0 spiro atoms. The summed E-state index contributed by atoms with van der Waals surface area (Å²) in [6, 6.07) is 9.15. The van der Waals surface area contributed by atoms with Crippen molar-refractivity contribution in [3.63, 3.8) is 0 Å². The van der Waals surface area contributed by atoms with E-state index in [1.165, 1.54) is 17.7 Å². The van der Waals surface area contributed by atoms with Crippen LogP contribution in [0.15, 0.2) is 24.3 Å². The third-order valence-electron chi connectivity index (χ3n) is 3.85. The average Bonchev–Trinajstić information content (AvgIpc) is 2.84. The molecule has 1 N–H and O–H groups in total. The summed E-state index contributed by atoms with van der Waals surface area (Å²) in [7, 11) is 4.12. The fraction of sp³-hybridized carbons (Fsp3) is 0.600. The van der Waals surface area contributed by atoms with Gasteiger partial charge in [-0.25, -0.2) is 0 Å². The number of benzene rings is 1. The second-order valence-corrected chi connectivity index (χ2v) is 5.33. The highest BCUT2D eigenvalue weighted by Crippen LogP contribution is 2.18. The average molecular weight is 248 g/mol. The van der Waals surface area contributed by atoms with Crippen molar-refractivity contribution in [2.75, 3.05) is 38.7 Å². The normalized spacial score (nSPS) is 20.3. The fourth-order valence-electron chi connectivity index (χ4n) is 2.63. The summed E-state index contributed by atoms with van der Waals surface area (Å²) in [5.74, 6) is 0. The number of nitrogens with zero attached hydrogens (tertiary/aromatic N) is 2. The molecule has 0 amide bonds. The summed E-state index contributed by atoms with van der Waals surface area (Å²) < 4.78 is 0. The highest BCUT2D eigenvalue weighted by Gasteiger charge is 2.22. The molecule has 3 heteroatoms. The molecule has 0 radical (unpaired) electrons. The van der Waals surface area contributed by atoms with Crippen molar-refractivity contribution in [3.8, 4) is 0 Å². The van der Waals surface area contributed by atoms with Crippen LogP contribution in [0.25, 0.3) is 0 Å². The first kappa shape index (κ1) is 13.4. The lowest BCUT2D eigenvalue weighted by Gasteiger charge is -2.22. The number of anilines is 1. The number of hydrogen-bond donors (Lipinski definition) is 1. The molecule has 1 aromatic rings. The van der Waals surface area contributed by atoms with Crippen LogP contribution in [0.1, 0.15) is 18.4 Å². The largest absolute Gasteiger partial charge is 0.395 e. The Balaban J connectivity index is 1.86. The molecule has 0 bridgehead atoms. The molecule has 0 aromatic heterocycles. The van der Waals surface area contributed by atoms with E-state index < -0.39 is 0 Å². The van der Waals surface area contributed by atoms with Gasteiger partial charge in [-0.05, 0) is 43.5 Å². The molecular formula is C15H24N2O. The van der Waals surface area contributed by atoms with Crippen molar-refractivity contribution >= 4 is 5.69 Å². The summed E-state index contributed by atoms with van der Waals surface area (Å²) in [6.07, 6.45) is 3.45. The Morgan fingerprint density at radius 1 is 1.28 bits per heavy atom. The van der Waals surface area contributed by atoms with Crippen LogP contribution < -0.4 is 4.90 Å². The Morgan fingerprint density at radius 2 is 2.00 bits per heavy atom. The third kappa shape index (κ3) is 3.24. The summed E-state index contributed by atoms with van der Waals surface area (Å²) in [4.78, 5) is 4.53. The van der Waals surface area contributed by atoms with Crippen molar-refractivity contribution < 1.29 is 5.11 Å². The molecule has 1 atom stereocenters. The molecule has 3 nitrogen and oxygen atoms in total. The zero-order valence-corrected chi connectivity index (χ0v) is 11.5. The van der Waals surface area contributed by atoms with Crippen molar-refractivity contribution in [1.29, 1.82) is 0 Å². The quantitative estimate of drug-likeness (QED) is 0.860. The molecule has 1 heterocycles. The summed E-state index contributed by atoms with van der Waals surface area (Å²) in [6.45, 7) is 2.51. The Kier molecular flexibility index (Phi) is 4.61. The lowest BCUT2D eigenvalue weighted by molar-refractivity contribution is 0.160. The highest BCUT2D eigenvalue weighted by molar-refractivity contribution is 5.46. The van der Waals surface area contributed by atoms with Gasteiger partial charge in [0.15, 0.2) is 0 Å². The minimum Gasteiger partial charge on any atom is -0.395 e. The van der Waals surface area contributed by atoms with Gasteiger partial charge in [0, 0.05) is 32.4 Å². The van der Waals surface area contributed by atoms with E-state index in [1.54, 1.807) is 0 Å². The van der Waals surface area contributed by atoms with E-state index in [1.807, 2.05) is 0 Å². The molecule has 100 valence electrons. The molecule has 1 aliphatic rings. The Bertz CT molecular complexity index is 361. The van der Waals surface area contributed by atoms with Crippen LogP contribution in [0.4, 0.5) is 5.69 Å². The molecule has 2 rings (SSSR count). The number of rotatable bonds is 5. The smallest absolute Gasteiger partial charge is 0.0586 e. The second kappa shape index (κ2) is 6.21. The third-order valence-corrected chi connectivity index (χ3v) is 3.85. The minimum absolute atomic E-state index is 0.305. The minimum atomic E-state index is 0.305. The summed E-state index contributed by atoms with van der Waals surface area (Å²) in [5.41, 5.74) is 2.62. The molecule has 18 heavy (non-hydrogen) atoms. The predicted molar refractivity (Wildman–Crippen MR) is 76.2 cm³/mol. The zero-order chi connectivity index (χ0) is 13.0. The number of hydrogen-bond acceptors (Lipinski definition) is 3. The highest BCUT2D eigenvalue weighted by atomic mass is 16.3. The Labute approximate surface area is 110 Å². The zero-order valence-electron chi connectivity index (χ0n) is 11.5. The van der Waals surface area contributed by atoms with Crippen LogP contribution in [-0.4, -0.2) is 49.8 Å². The number of likely N-dealkylation sites (tertiary alicyclic amines) is 1. The van der Waals surface area contributed by atoms with Gasteiger partial charge in [-0.3, -0.25) is 4.90 Å². The van der Waals surface area contributed by atoms with Crippen molar-refractivity contribution in [2.45, 2.75) is 25.3 Å². The van der Waals surface area contributed by atoms with Crippen LogP contribution in [-0.2, 0) is 6.42 Å². The fourth-order valence-corrected chi connectivity index (χ4v) is 2.63. The van der Waals surface area contributed by atoms with Gasteiger partial charge in [0.1, 0.15) is 0 Å². The molecule has 0 saturated carbocycles. The van der Waals surface area contributed by atoms with E-state index in [9.17, 15) is 5.11 Å². The van der Waals surface area contributed by atoms with E-state index in [4.69, 9.17) is 0 Å². The van der Waals surface area contributed by atoms with E-state index in [2.05, 4.69) is 48.2 Å². The molecular weight excluding hydrogens is 224 g/mol. The molecule has 1 fully saturated rings. The number of aliphatic hydroxyl groups excluding tert-OH is 1. The first-order chi connectivity index (χ1) is 8.70. The van der Waals surface area contributed by atoms with Gasteiger partial charge in [0.25, 0.3) is 0 Å². The second-order valence-electron chi connectivity index (χ2n) is 5.33. The van der Waals surface area contributed by atoms with Crippen molar-refractivity contribution in [1.82, 2.24) is 4.90 Å². The summed E-state index contributed by atoms with van der Waals surface area (Å²) >= 11 is 0. The van der Waals surface area contributed by atoms with E-state index >= 15 is 0 Å². The number of aliphatic hydroxyl groups is 1. The molecule has 1 aliphatic heterocycles. The lowest BCUT2D eigenvalue weighted by atomic mass is 10.1. The lowest BCUT2D eigenvalue weighted by Crippen LogP contribution is -2.33. The Morgan fingerprint density at radius 3 is 2.61 bits per heavy atom. The maximum absolute atomic E-state index is 9.28. The van der Waals surface area contributed by atoms with Gasteiger partial charge >= 0.3 is 0 Å². The van der Waals surface area contributed by atoms with Gasteiger partial charge in [0.05, 0.1) is 6.61 Å². The van der Waals surface area contributed by atoms with Crippen LogP contribution in [0.5, 0.6) is 0 Å². The van der Waals surface area contributed by atoms with Crippen LogP contribution in [0, 0.1) is 0 Å². The van der Waals surface area contributed by atoms with E-state index in [-0.39, 0.29) is 0 Å². The van der Waals surface area contributed by atoms with Crippen molar-refractivity contribution in [3.05, 3.63) is 29.8 Å². The van der Waals surface area contributed by atoms with Gasteiger partial charge in [-0.15, -0.1) is 0 Å². The predicted octanol–water partition coefficient (Wildman–Crippen LogP) is 1.75. The van der Waals surface area contributed by atoms with Crippen molar-refractivity contribution in [2.24, 2.45) is 0 Å². The maximum atomic E-state index is 9.28. The standard InChI is InChI=1S/C15H24N2O/c1-16(2)14-7-5-13(6-8-14)9-11-17-10-3-4-15(17)12-18/h5-8,15,18H,3-4,9-12H2,1-2H3. The molecule has 1 saturated heterocycles. The van der Waals surface area contributed by atoms with Gasteiger partial charge in [-0.2, -0.15) is 0 Å². The van der Waals surface area contributed by atoms with Crippen LogP contribution in [0.2, 0.25) is 0 Å². The molecule has 1 aromatic carbocycles. The summed E-state index contributed by atoms with van der Waals surface area (Å²) in [5, 5.41) is 9.28. The van der Waals surface area contributed by atoms with Crippen LogP contribution >= 0.6 is 0 Å². The molecule has 0 aliphatic carbocycles. The van der Waals surface area contributed by atoms with Gasteiger partial charge in [-0.1, -0.05) is 12.1 Å². The van der Waals surface area contributed by atoms with Gasteiger partial charge < -0.3 is 10.0 Å². The monoisotopic (exact) mass is 248 g/mol. The van der Waals surface area contributed by atoms with E-state index in [0.29, 0.717) is 12.6 Å². The SMILES string of the molecule is CN(C)c1ccc(CCN2CCCC2CO)cc1. The Hall–Kier alpha value is -1.06. The maximum Gasteiger partial charge on any atom is 0.0586 e. The van der Waals surface area contributed by atoms with E-state index in [0.717, 1.165) is 25.9 Å². The van der Waals surface area contributed by atoms with Crippen LogP contribution in [0.3, 0.4) is 0 Å². The first-order valence-corrected chi connectivity index (χ1v) is 6.82. The molecule has 1 unspecified atom stereocenters.